The Morgan fingerprint density at radius 3 is 2.78 bits per heavy atom. The number of nitrogens with two attached hydrogens (primary N) is 1. The van der Waals surface area contributed by atoms with Gasteiger partial charge in [-0.1, -0.05) is 25.5 Å². The second kappa shape index (κ2) is 6.93. The van der Waals surface area contributed by atoms with Gasteiger partial charge in [0.05, 0.1) is 4.92 Å². The van der Waals surface area contributed by atoms with E-state index in [2.05, 4.69) is 17.2 Å². The molecule has 0 unspecified atom stereocenters. The molecule has 1 rings (SSSR count). The number of nitro groups is 1. The Hall–Kier alpha value is -1.66. The van der Waals surface area contributed by atoms with Crippen LogP contribution >= 0.6 is 0 Å². The van der Waals surface area contributed by atoms with Gasteiger partial charge >= 0.3 is 0 Å². The first-order valence-electron chi connectivity index (χ1n) is 6.01. The smallest absolute Gasteiger partial charge is 0.293 e. The fourth-order valence-electron chi connectivity index (χ4n) is 1.84. The molecular formula is C12H20N4O2. The summed E-state index contributed by atoms with van der Waals surface area (Å²) in [5.41, 5.74) is 3.68. The quantitative estimate of drug-likeness (QED) is 0.441. The predicted octanol–water partition coefficient (Wildman–Crippen LogP) is 2.11. The zero-order valence-electron chi connectivity index (χ0n) is 10.8. The lowest BCUT2D eigenvalue weighted by Gasteiger charge is -2.18. The summed E-state index contributed by atoms with van der Waals surface area (Å²) in [5, 5.41) is 10.9. The van der Waals surface area contributed by atoms with Gasteiger partial charge in [0.25, 0.3) is 5.69 Å². The molecule has 0 radical (unpaired) electrons. The highest BCUT2D eigenvalue weighted by atomic mass is 16.6. The van der Waals surface area contributed by atoms with Gasteiger partial charge in [-0.15, -0.1) is 0 Å². The van der Waals surface area contributed by atoms with Crippen LogP contribution in [0.3, 0.4) is 0 Å². The molecule has 0 bridgehead atoms. The van der Waals surface area contributed by atoms with E-state index >= 15 is 0 Å². The van der Waals surface area contributed by atoms with Crippen molar-refractivity contribution in [2.24, 2.45) is 5.84 Å². The minimum Gasteiger partial charge on any atom is -0.318 e. The van der Waals surface area contributed by atoms with Crippen LogP contribution in [0.4, 0.5) is 11.4 Å². The Kier molecular flexibility index (Phi) is 5.54. The minimum atomic E-state index is -0.426. The van der Waals surface area contributed by atoms with Gasteiger partial charge in [0.15, 0.2) is 0 Å². The maximum Gasteiger partial charge on any atom is 0.293 e. The van der Waals surface area contributed by atoms with Crippen LogP contribution in [0.5, 0.6) is 0 Å². The molecule has 100 valence electrons. The largest absolute Gasteiger partial charge is 0.318 e. The molecule has 1 aromatic rings. The third-order valence-corrected chi connectivity index (χ3v) is 2.80. The van der Waals surface area contributed by atoms with Gasteiger partial charge in [-0.25, -0.2) is 0 Å². The van der Waals surface area contributed by atoms with Gasteiger partial charge < -0.3 is 10.3 Å². The molecular weight excluding hydrogens is 232 g/mol. The van der Waals surface area contributed by atoms with Crippen LogP contribution in [0.1, 0.15) is 25.3 Å². The van der Waals surface area contributed by atoms with Crippen molar-refractivity contribution in [2.45, 2.75) is 26.3 Å². The number of hydrazine groups is 1. The third-order valence-electron chi connectivity index (χ3n) is 2.80. The van der Waals surface area contributed by atoms with Crippen molar-refractivity contribution in [3.63, 3.8) is 0 Å². The monoisotopic (exact) mass is 252 g/mol. The van der Waals surface area contributed by atoms with E-state index in [9.17, 15) is 10.1 Å². The van der Waals surface area contributed by atoms with Gasteiger partial charge in [0.2, 0.25) is 0 Å². The third kappa shape index (κ3) is 3.68. The predicted molar refractivity (Wildman–Crippen MR) is 72.1 cm³/mol. The number of nitrogen functional groups attached to an aromatic ring is 1. The molecule has 0 aliphatic rings. The van der Waals surface area contributed by atoms with Crippen molar-refractivity contribution in [2.75, 3.05) is 19.0 Å². The first-order valence-corrected chi connectivity index (χ1v) is 6.01. The Morgan fingerprint density at radius 2 is 2.22 bits per heavy atom. The molecule has 0 heterocycles. The molecule has 0 aliphatic heterocycles. The van der Waals surface area contributed by atoms with E-state index in [1.807, 2.05) is 13.1 Å². The molecule has 0 saturated heterocycles. The standard InChI is InChI=1S/C12H20N4O2/c1-3-4-8-15(2)9-10-6-5-7-11(16(17)18)12(10)14-13/h5-7,14H,3-4,8-9,13H2,1-2H3. The molecule has 0 atom stereocenters. The Morgan fingerprint density at radius 1 is 1.50 bits per heavy atom. The highest BCUT2D eigenvalue weighted by molar-refractivity contribution is 5.65. The Balaban J connectivity index is 2.88. The van der Waals surface area contributed by atoms with E-state index in [0.717, 1.165) is 24.9 Å². The highest BCUT2D eigenvalue weighted by Crippen LogP contribution is 2.28. The number of rotatable bonds is 7. The summed E-state index contributed by atoms with van der Waals surface area (Å²) in [6.07, 6.45) is 2.23. The molecule has 0 saturated carbocycles. The molecule has 0 fully saturated rings. The van der Waals surface area contributed by atoms with Gasteiger partial charge in [-0.2, -0.15) is 0 Å². The van der Waals surface area contributed by atoms with Crippen molar-refractivity contribution in [1.82, 2.24) is 4.90 Å². The van der Waals surface area contributed by atoms with Gasteiger partial charge in [-0.3, -0.25) is 16.0 Å². The lowest BCUT2D eigenvalue weighted by atomic mass is 10.1. The van der Waals surface area contributed by atoms with Crippen molar-refractivity contribution in [3.05, 3.63) is 33.9 Å². The molecule has 0 amide bonds. The first-order chi connectivity index (χ1) is 8.60. The summed E-state index contributed by atoms with van der Waals surface area (Å²) < 4.78 is 0. The molecule has 18 heavy (non-hydrogen) atoms. The van der Waals surface area contributed by atoms with E-state index in [0.29, 0.717) is 12.2 Å². The van der Waals surface area contributed by atoms with Crippen molar-refractivity contribution in [3.8, 4) is 0 Å². The molecule has 0 aliphatic carbocycles. The zero-order valence-corrected chi connectivity index (χ0v) is 10.8. The Bertz CT molecular complexity index is 409. The van der Waals surface area contributed by atoms with Gasteiger partial charge in [0.1, 0.15) is 5.69 Å². The first kappa shape index (κ1) is 14.4. The number of nitrogens with zero attached hydrogens (tertiary/aromatic N) is 2. The second-order valence-corrected chi connectivity index (χ2v) is 4.30. The lowest BCUT2D eigenvalue weighted by Crippen LogP contribution is -2.21. The number of nitrogens with one attached hydrogen (secondary N) is 1. The average Bonchev–Trinajstić information content (AvgIpc) is 2.35. The molecule has 6 heteroatoms. The van der Waals surface area contributed by atoms with Gasteiger partial charge in [0, 0.05) is 12.6 Å². The topological polar surface area (TPSA) is 84.4 Å². The van der Waals surface area contributed by atoms with E-state index in [1.54, 1.807) is 6.07 Å². The van der Waals surface area contributed by atoms with E-state index in [-0.39, 0.29) is 5.69 Å². The molecule has 0 spiro atoms. The number of hydrogen-bond donors (Lipinski definition) is 2. The fraction of sp³-hybridized carbons (Fsp3) is 0.500. The van der Waals surface area contributed by atoms with Crippen LogP contribution in [-0.4, -0.2) is 23.4 Å². The number of benzene rings is 1. The van der Waals surface area contributed by atoms with Crippen LogP contribution < -0.4 is 11.3 Å². The van der Waals surface area contributed by atoms with Crippen LogP contribution in [0.15, 0.2) is 18.2 Å². The van der Waals surface area contributed by atoms with Crippen LogP contribution in [0.25, 0.3) is 0 Å². The summed E-state index contributed by atoms with van der Waals surface area (Å²) in [7, 11) is 1.99. The molecule has 3 N–H and O–H groups in total. The number of unbranched alkanes of at least 4 members (excludes halogenated alkanes) is 1. The summed E-state index contributed by atoms with van der Waals surface area (Å²) >= 11 is 0. The highest BCUT2D eigenvalue weighted by Gasteiger charge is 2.16. The average molecular weight is 252 g/mol. The number of anilines is 1. The van der Waals surface area contributed by atoms with Gasteiger partial charge in [-0.05, 0) is 25.6 Å². The van der Waals surface area contributed by atoms with Crippen molar-refractivity contribution >= 4 is 11.4 Å². The number of nitro benzene ring substituents is 1. The Labute approximate surface area is 107 Å². The van der Waals surface area contributed by atoms with Crippen LogP contribution in [-0.2, 0) is 6.54 Å². The maximum absolute atomic E-state index is 10.9. The van der Waals surface area contributed by atoms with E-state index in [1.165, 1.54) is 6.07 Å². The molecule has 1 aromatic carbocycles. The molecule has 6 nitrogen and oxygen atoms in total. The summed E-state index contributed by atoms with van der Waals surface area (Å²) in [6.45, 7) is 3.73. The van der Waals surface area contributed by atoms with Crippen LogP contribution in [0.2, 0.25) is 0 Å². The fourth-order valence-corrected chi connectivity index (χ4v) is 1.84. The second-order valence-electron chi connectivity index (χ2n) is 4.30. The van der Waals surface area contributed by atoms with Crippen molar-refractivity contribution in [1.29, 1.82) is 0 Å². The zero-order chi connectivity index (χ0) is 13.5. The van der Waals surface area contributed by atoms with Crippen LogP contribution in [0, 0.1) is 10.1 Å². The maximum atomic E-state index is 10.9. The summed E-state index contributed by atoms with van der Waals surface area (Å²) in [5.74, 6) is 5.39. The SMILES string of the molecule is CCCCN(C)Cc1cccc([N+](=O)[O-])c1NN. The normalized spacial score (nSPS) is 10.7. The van der Waals surface area contributed by atoms with E-state index in [4.69, 9.17) is 5.84 Å². The number of para-hydroxylation sites is 1. The van der Waals surface area contributed by atoms with E-state index < -0.39 is 4.92 Å². The summed E-state index contributed by atoms with van der Waals surface area (Å²) in [4.78, 5) is 12.6. The van der Waals surface area contributed by atoms with Crippen molar-refractivity contribution < 1.29 is 4.92 Å². The molecule has 0 aromatic heterocycles. The number of hydrogen-bond acceptors (Lipinski definition) is 5. The minimum absolute atomic E-state index is 0.0129. The summed E-state index contributed by atoms with van der Waals surface area (Å²) in [6, 6.07) is 4.98. The lowest BCUT2D eigenvalue weighted by molar-refractivity contribution is -0.384.